The van der Waals surface area contributed by atoms with Crippen molar-refractivity contribution in [2.75, 3.05) is 0 Å². The Morgan fingerprint density at radius 1 is 1.04 bits per heavy atom. The maximum absolute atomic E-state index is 12.7. The second-order valence-electron chi connectivity index (χ2n) is 6.07. The minimum atomic E-state index is -3.69. The van der Waals surface area contributed by atoms with E-state index in [-0.39, 0.29) is 29.0 Å². The van der Waals surface area contributed by atoms with E-state index in [4.69, 9.17) is 44.1 Å². The molecule has 0 bridgehead atoms. The van der Waals surface area contributed by atoms with Crippen LogP contribution in [0.3, 0.4) is 0 Å². The van der Waals surface area contributed by atoms with E-state index in [9.17, 15) is 8.42 Å². The first kappa shape index (κ1) is 20.9. The van der Waals surface area contributed by atoms with Crippen molar-refractivity contribution in [1.82, 2.24) is 10.1 Å². The monoisotopic (exact) mass is 460 g/mol. The summed E-state index contributed by atoms with van der Waals surface area (Å²) in [6.45, 7) is 3.34. The molecule has 1 heterocycles. The summed E-state index contributed by atoms with van der Waals surface area (Å²) >= 11 is 18.1. The molecule has 0 spiro atoms. The van der Waals surface area contributed by atoms with Gasteiger partial charge < -0.3 is 9.26 Å². The highest BCUT2D eigenvalue weighted by Crippen LogP contribution is 2.33. The summed E-state index contributed by atoms with van der Waals surface area (Å²) in [4.78, 5) is 4.25. The van der Waals surface area contributed by atoms with E-state index in [1.807, 2.05) is 0 Å². The SMILES string of the molecule is Cc1cc(S(=O)(=O)Cc2nc(COc3c(Cl)cccc3Cl)no2)c(C)cc1Cl. The Morgan fingerprint density at radius 2 is 1.71 bits per heavy atom. The van der Waals surface area contributed by atoms with Gasteiger partial charge in [-0.1, -0.05) is 46.0 Å². The van der Waals surface area contributed by atoms with Crippen LogP contribution in [0.2, 0.25) is 15.1 Å². The quantitative estimate of drug-likeness (QED) is 0.502. The second kappa shape index (κ2) is 8.29. The third-order valence-electron chi connectivity index (χ3n) is 3.88. The lowest BCUT2D eigenvalue weighted by atomic mass is 10.2. The van der Waals surface area contributed by atoms with Crippen LogP contribution >= 0.6 is 34.8 Å². The Kier molecular flexibility index (Phi) is 6.19. The van der Waals surface area contributed by atoms with Gasteiger partial charge in [0, 0.05) is 5.02 Å². The first-order valence-electron chi connectivity index (χ1n) is 8.05. The molecule has 6 nitrogen and oxygen atoms in total. The summed E-state index contributed by atoms with van der Waals surface area (Å²) in [7, 11) is -3.69. The van der Waals surface area contributed by atoms with Gasteiger partial charge in [0.2, 0.25) is 11.7 Å². The molecule has 10 heteroatoms. The Labute approximate surface area is 177 Å². The standard InChI is InChI=1S/C18H15Cl3N2O4S/c1-10-7-15(11(2)6-14(10)21)28(24,25)9-17-22-16(23-27-17)8-26-18-12(19)4-3-5-13(18)20/h3-7H,8-9H2,1-2H3. The lowest BCUT2D eigenvalue weighted by molar-refractivity contribution is 0.286. The van der Waals surface area contributed by atoms with Gasteiger partial charge in [-0.15, -0.1) is 0 Å². The number of halogens is 3. The molecule has 0 saturated heterocycles. The van der Waals surface area contributed by atoms with Gasteiger partial charge in [-0.05, 0) is 49.2 Å². The number of benzene rings is 2. The number of nitrogens with zero attached hydrogens (tertiary/aromatic N) is 2. The van der Waals surface area contributed by atoms with Crippen molar-refractivity contribution in [3.8, 4) is 5.75 Å². The van der Waals surface area contributed by atoms with Crippen molar-refractivity contribution in [2.24, 2.45) is 0 Å². The first-order chi connectivity index (χ1) is 13.2. The molecule has 0 unspecified atom stereocenters. The molecule has 3 rings (SSSR count). The molecule has 0 fully saturated rings. The van der Waals surface area contributed by atoms with Crippen molar-refractivity contribution in [2.45, 2.75) is 31.1 Å². The molecule has 0 aliphatic heterocycles. The van der Waals surface area contributed by atoms with Crippen LogP contribution in [0.25, 0.3) is 0 Å². The molecule has 3 aromatic rings. The fraction of sp³-hybridized carbons (Fsp3) is 0.222. The number of aryl methyl sites for hydroxylation is 2. The first-order valence-corrected chi connectivity index (χ1v) is 10.8. The summed E-state index contributed by atoms with van der Waals surface area (Å²) in [6.07, 6.45) is 0. The van der Waals surface area contributed by atoms with Gasteiger partial charge in [-0.3, -0.25) is 0 Å². The smallest absolute Gasteiger partial charge is 0.242 e. The van der Waals surface area contributed by atoms with Crippen molar-refractivity contribution in [3.05, 3.63) is 68.2 Å². The van der Waals surface area contributed by atoms with Gasteiger partial charge in [-0.2, -0.15) is 4.98 Å². The highest BCUT2D eigenvalue weighted by molar-refractivity contribution is 7.90. The number of hydrogen-bond donors (Lipinski definition) is 0. The van der Waals surface area contributed by atoms with E-state index in [0.29, 0.717) is 26.2 Å². The normalized spacial score (nSPS) is 11.6. The molecular formula is C18H15Cl3N2O4S. The molecule has 0 radical (unpaired) electrons. The third kappa shape index (κ3) is 4.60. The highest BCUT2D eigenvalue weighted by atomic mass is 35.5. The molecule has 0 N–H and O–H groups in total. The Hall–Kier alpha value is -1.80. The average molecular weight is 462 g/mol. The third-order valence-corrected chi connectivity index (χ3v) is 6.62. The van der Waals surface area contributed by atoms with Gasteiger partial charge in [0.25, 0.3) is 0 Å². The van der Waals surface area contributed by atoms with Crippen molar-refractivity contribution in [3.63, 3.8) is 0 Å². The fourth-order valence-corrected chi connectivity index (χ4v) is 4.72. The number of aromatic nitrogens is 2. The molecule has 0 atom stereocenters. The summed E-state index contributed by atoms with van der Waals surface area (Å²) in [5.41, 5.74) is 1.22. The van der Waals surface area contributed by atoms with E-state index in [1.165, 1.54) is 6.07 Å². The predicted molar refractivity (Wildman–Crippen MR) is 107 cm³/mol. The van der Waals surface area contributed by atoms with E-state index in [1.54, 1.807) is 38.1 Å². The minimum Gasteiger partial charge on any atom is -0.482 e. The Morgan fingerprint density at radius 3 is 2.39 bits per heavy atom. The van der Waals surface area contributed by atoms with Gasteiger partial charge in [0.15, 0.2) is 22.2 Å². The lowest BCUT2D eigenvalue weighted by Gasteiger charge is -2.08. The van der Waals surface area contributed by atoms with Gasteiger partial charge in [-0.25, -0.2) is 8.42 Å². The molecule has 0 aliphatic rings. The van der Waals surface area contributed by atoms with E-state index in [2.05, 4.69) is 10.1 Å². The Balaban J connectivity index is 1.75. The average Bonchev–Trinajstić information content (AvgIpc) is 3.04. The van der Waals surface area contributed by atoms with Crippen molar-refractivity contribution in [1.29, 1.82) is 0 Å². The van der Waals surface area contributed by atoms with E-state index in [0.717, 1.165) is 0 Å². The molecule has 0 aliphatic carbocycles. The fourth-order valence-electron chi connectivity index (χ4n) is 2.49. The highest BCUT2D eigenvalue weighted by Gasteiger charge is 2.23. The molecular weight excluding hydrogens is 447 g/mol. The zero-order valence-corrected chi connectivity index (χ0v) is 18.0. The van der Waals surface area contributed by atoms with Crippen LogP contribution in [0.5, 0.6) is 5.75 Å². The summed E-state index contributed by atoms with van der Waals surface area (Å²) in [5.74, 6) is -0.0208. The van der Waals surface area contributed by atoms with Crippen LogP contribution in [0.1, 0.15) is 22.8 Å². The number of sulfone groups is 1. The molecule has 28 heavy (non-hydrogen) atoms. The van der Waals surface area contributed by atoms with Crippen LogP contribution in [-0.4, -0.2) is 18.6 Å². The maximum Gasteiger partial charge on any atom is 0.242 e. The molecule has 0 amide bonds. The number of ether oxygens (including phenoxy) is 1. The predicted octanol–water partition coefficient (Wildman–Crippen LogP) is 5.20. The zero-order chi connectivity index (χ0) is 20.5. The Bertz CT molecular complexity index is 1110. The van der Waals surface area contributed by atoms with E-state index < -0.39 is 15.6 Å². The number of para-hydroxylation sites is 1. The van der Waals surface area contributed by atoms with Crippen LogP contribution in [0.15, 0.2) is 39.8 Å². The maximum atomic E-state index is 12.7. The van der Waals surface area contributed by atoms with Gasteiger partial charge in [0.05, 0.1) is 14.9 Å². The number of hydrogen-bond acceptors (Lipinski definition) is 6. The topological polar surface area (TPSA) is 82.3 Å². The second-order valence-corrected chi connectivity index (χ2v) is 9.25. The molecule has 2 aromatic carbocycles. The van der Waals surface area contributed by atoms with Crippen molar-refractivity contribution < 1.29 is 17.7 Å². The molecule has 1 aromatic heterocycles. The van der Waals surface area contributed by atoms with Crippen molar-refractivity contribution >= 4 is 44.6 Å². The van der Waals surface area contributed by atoms with E-state index >= 15 is 0 Å². The van der Waals surface area contributed by atoms with Crippen LogP contribution in [0, 0.1) is 13.8 Å². The van der Waals surface area contributed by atoms with Crippen LogP contribution in [-0.2, 0) is 22.2 Å². The van der Waals surface area contributed by atoms with Crippen LogP contribution < -0.4 is 4.74 Å². The lowest BCUT2D eigenvalue weighted by Crippen LogP contribution is -2.08. The zero-order valence-electron chi connectivity index (χ0n) is 14.9. The summed E-state index contributed by atoms with van der Waals surface area (Å²) < 4.78 is 36.0. The van der Waals surface area contributed by atoms with Gasteiger partial charge in [0.1, 0.15) is 5.75 Å². The summed E-state index contributed by atoms with van der Waals surface area (Å²) in [6, 6.07) is 8.10. The van der Waals surface area contributed by atoms with Gasteiger partial charge >= 0.3 is 0 Å². The number of rotatable bonds is 6. The molecule has 0 saturated carbocycles. The molecule has 148 valence electrons. The summed E-state index contributed by atoms with van der Waals surface area (Å²) in [5, 5.41) is 4.93. The minimum absolute atomic E-state index is 0.0455. The van der Waals surface area contributed by atoms with Crippen LogP contribution in [0.4, 0.5) is 0 Å². The largest absolute Gasteiger partial charge is 0.482 e.